The molecule has 2 atom stereocenters. The predicted octanol–water partition coefficient (Wildman–Crippen LogP) is -0.648. The fraction of sp³-hybridized carbons (Fsp3) is 0.800. The molecule has 0 aromatic heterocycles. The lowest BCUT2D eigenvalue weighted by Gasteiger charge is -2.15. The minimum Gasteiger partial charge on any atom is -0.394 e. The summed E-state index contributed by atoms with van der Waals surface area (Å²) >= 11 is 0. The molecule has 0 aromatic rings. The van der Waals surface area contributed by atoms with Crippen molar-refractivity contribution in [3.05, 3.63) is 0 Å². The van der Waals surface area contributed by atoms with Crippen molar-refractivity contribution in [1.29, 1.82) is 0 Å². The summed E-state index contributed by atoms with van der Waals surface area (Å²) < 4.78 is 0. The zero-order valence-corrected chi connectivity index (χ0v) is 9.19. The summed E-state index contributed by atoms with van der Waals surface area (Å²) in [4.78, 5) is 24.7. The Morgan fingerprint density at radius 2 is 2.40 bits per heavy atom. The van der Waals surface area contributed by atoms with E-state index in [2.05, 4.69) is 5.32 Å². The summed E-state index contributed by atoms with van der Waals surface area (Å²) in [6.45, 7) is 4.70. The molecule has 2 amide bonds. The van der Waals surface area contributed by atoms with E-state index in [1.54, 1.807) is 11.8 Å². The summed E-state index contributed by atoms with van der Waals surface area (Å²) in [5.74, 6) is -0.360. The van der Waals surface area contributed by atoms with E-state index in [1.807, 2.05) is 6.92 Å². The summed E-state index contributed by atoms with van der Waals surface area (Å²) in [5, 5.41) is 11.5. The van der Waals surface area contributed by atoms with Crippen LogP contribution in [0.3, 0.4) is 0 Å². The van der Waals surface area contributed by atoms with E-state index in [-0.39, 0.29) is 36.8 Å². The van der Waals surface area contributed by atoms with Gasteiger partial charge in [0.25, 0.3) is 0 Å². The first-order valence-corrected chi connectivity index (χ1v) is 5.27. The number of nitrogens with one attached hydrogen (secondary N) is 1. The molecular weight excluding hydrogens is 196 g/mol. The van der Waals surface area contributed by atoms with Crippen LogP contribution in [0.15, 0.2) is 0 Å². The Labute approximate surface area is 89.4 Å². The van der Waals surface area contributed by atoms with E-state index in [0.29, 0.717) is 13.1 Å². The molecule has 15 heavy (non-hydrogen) atoms. The van der Waals surface area contributed by atoms with Gasteiger partial charge in [0.1, 0.15) is 0 Å². The van der Waals surface area contributed by atoms with Crippen molar-refractivity contribution in [2.45, 2.75) is 26.3 Å². The third-order valence-corrected chi connectivity index (χ3v) is 2.63. The molecule has 0 saturated carbocycles. The minimum atomic E-state index is -0.258. The van der Waals surface area contributed by atoms with Gasteiger partial charge in [-0.05, 0) is 13.8 Å². The number of aliphatic hydroxyl groups excluding tert-OH is 1. The number of hydrogen-bond donors (Lipinski definition) is 2. The average molecular weight is 214 g/mol. The lowest BCUT2D eigenvalue weighted by atomic mass is 10.1. The van der Waals surface area contributed by atoms with E-state index >= 15 is 0 Å². The Morgan fingerprint density at radius 3 is 2.87 bits per heavy atom. The lowest BCUT2D eigenvalue weighted by molar-refractivity contribution is -0.129. The topological polar surface area (TPSA) is 69.6 Å². The number of amides is 2. The maximum absolute atomic E-state index is 11.6. The number of carbonyl (C=O) groups excluding carboxylic acids is 2. The highest BCUT2D eigenvalue weighted by atomic mass is 16.3. The molecule has 1 fully saturated rings. The molecule has 1 heterocycles. The molecule has 5 heteroatoms. The molecule has 86 valence electrons. The molecule has 5 nitrogen and oxygen atoms in total. The molecule has 1 aliphatic rings. The zero-order chi connectivity index (χ0) is 11.4. The van der Waals surface area contributed by atoms with Crippen LogP contribution >= 0.6 is 0 Å². The third-order valence-electron chi connectivity index (χ3n) is 2.63. The molecule has 2 N–H and O–H groups in total. The molecule has 0 aromatic carbocycles. The van der Waals surface area contributed by atoms with Crippen molar-refractivity contribution in [2.24, 2.45) is 5.92 Å². The monoisotopic (exact) mass is 214 g/mol. The molecule has 0 radical (unpaired) electrons. The molecule has 0 spiro atoms. The van der Waals surface area contributed by atoms with E-state index in [9.17, 15) is 9.59 Å². The molecule has 0 bridgehead atoms. The fourth-order valence-corrected chi connectivity index (χ4v) is 1.66. The first-order valence-electron chi connectivity index (χ1n) is 5.27. The number of carbonyl (C=O) groups is 2. The van der Waals surface area contributed by atoms with E-state index in [1.165, 1.54) is 0 Å². The van der Waals surface area contributed by atoms with Crippen LogP contribution in [0.1, 0.15) is 20.3 Å². The van der Waals surface area contributed by atoms with Gasteiger partial charge in [-0.3, -0.25) is 9.59 Å². The second-order valence-electron chi connectivity index (χ2n) is 3.93. The Kier molecular flexibility index (Phi) is 4.08. The van der Waals surface area contributed by atoms with Gasteiger partial charge >= 0.3 is 0 Å². The quantitative estimate of drug-likeness (QED) is 0.653. The highest BCUT2D eigenvalue weighted by Gasteiger charge is 2.33. The van der Waals surface area contributed by atoms with Crippen LogP contribution < -0.4 is 5.32 Å². The smallest absolute Gasteiger partial charge is 0.225 e. The molecule has 1 rings (SSSR count). The van der Waals surface area contributed by atoms with Crippen LogP contribution in [0.4, 0.5) is 0 Å². The zero-order valence-electron chi connectivity index (χ0n) is 9.19. The van der Waals surface area contributed by atoms with E-state index in [4.69, 9.17) is 5.11 Å². The Hall–Kier alpha value is -1.10. The highest BCUT2D eigenvalue weighted by molar-refractivity contribution is 5.89. The molecule has 1 saturated heterocycles. The largest absolute Gasteiger partial charge is 0.394 e. The normalized spacial score (nSPS) is 23.0. The molecular formula is C10H18N2O3. The van der Waals surface area contributed by atoms with Gasteiger partial charge in [0, 0.05) is 25.6 Å². The first kappa shape index (κ1) is 12.0. The van der Waals surface area contributed by atoms with Gasteiger partial charge in [-0.25, -0.2) is 0 Å². The summed E-state index contributed by atoms with van der Waals surface area (Å²) in [5.41, 5.74) is 0. The van der Waals surface area contributed by atoms with Crippen LogP contribution in [0.5, 0.6) is 0 Å². The van der Waals surface area contributed by atoms with Crippen LogP contribution in [-0.2, 0) is 9.59 Å². The maximum Gasteiger partial charge on any atom is 0.225 e. The Bertz CT molecular complexity index is 255. The van der Waals surface area contributed by atoms with Crippen LogP contribution in [0.25, 0.3) is 0 Å². The van der Waals surface area contributed by atoms with Crippen LogP contribution in [-0.4, -0.2) is 47.6 Å². The summed E-state index contributed by atoms with van der Waals surface area (Å²) in [6, 6.07) is -0.247. The van der Waals surface area contributed by atoms with Crippen LogP contribution in [0.2, 0.25) is 0 Å². The van der Waals surface area contributed by atoms with Crippen molar-refractivity contribution in [1.82, 2.24) is 10.2 Å². The van der Waals surface area contributed by atoms with Gasteiger partial charge in [0.05, 0.1) is 12.5 Å². The standard InChI is InChI=1S/C10H18N2O3/c1-3-12-5-8(4-9(12)14)10(15)11-7(2)6-13/h7-8,13H,3-6H2,1-2H3,(H,11,15). The minimum absolute atomic E-state index is 0.0364. The molecule has 0 aliphatic carbocycles. The van der Waals surface area contributed by atoms with Gasteiger partial charge in [-0.15, -0.1) is 0 Å². The van der Waals surface area contributed by atoms with Crippen molar-refractivity contribution < 1.29 is 14.7 Å². The average Bonchev–Trinajstić information content (AvgIpc) is 2.59. The van der Waals surface area contributed by atoms with Gasteiger partial charge < -0.3 is 15.3 Å². The first-order chi connectivity index (χ1) is 7.08. The van der Waals surface area contributed by atoms with Gasteiger partial charge in [0.15, 0.2) is 0 Å². The van der Waals surface area contributed by atoms with Gasteiger partial charge in [-0.1, -0.05) is 0 Å². The Balaban J connectivity index is 2.46. The SMILES string of the molecule is CCN1CC(C(=O)NC(C)CO)CC1=O. The molecule has 1 aliphatic heterocycles. The Morgan fingerprint density at radius 1 is 1.73 bits per heavy atom. The fourth-order valence-electron chi connectivity index (χ4n) is 1.66. The second kappa shape index (κ2) is 5.11. The lowest BCUT2D eigenvalue weighted by Crippen LogP contribution is -2.40. The van der Waals surface area contributed by atoms with E-state index < -0.39 is 0 Å². The van der Waals surface area contributed by atoms with Crippen molar-refractivity contribution in [2.75, 3.05) is 19.7 Å². The van der Waals surface area contributed by atoms with Gasteiger partial charge in [0.2, 0.25) is 11.8 Å². The number of rotatable bonds is 4. The van der Waals surface area contributed by atoms with Crippen LogP contribution in [0, 0.1) is 5.92 Å². The third kappa shape index (κ3) is 2.92. The van der Waals surface area contributed by atoms with Crippen molar-refractivity contribution in [3.8, 4) is 0 Å². The second-order valence-corrected chi connectivity index (χ2v) is 3.93. The van der Waals surface area contributed by atoms with Gasteiger partial charge in [-0.2, -0.15) is 0 Å². The maximum atomic E-state index is 11.6. The number of nitrogens with zero attached hydrogens (tertiary/aromatic N) is 1. The summed E-state index contributed by atoms with van der Waals surface area (Å²) in [6.07, 6.45) is 0.290. The number of likely N-dealkylation sites (tertiary alicyclic amines) is 1. The molecule has 2 unspecified atom stereocenters. The summed E-state index contributed by atoms with van der Waals surface area (Å²) in [7, 11) is 0. The highest BCUT2D eigenvalue weighted by Crippen LogP contribution is 2.17. The van der Waals surface area contributed by atoms with E-state index in [0.717, 1.165) is 0 Å². The predicted molar refractivity (Wildman–Crippen MR) is 55.1 cm³/mol. The number of hydrogen-bond acceptors (Lipinski definition) is 3. The van der Waals surface area contributed by atoms with Crippen molar-refractivity contribution in [3.63, 3.8) is 0 Å². The van der Waals surface area contributed by atoms with Crippen molar-refractivity contribution >= 4 is 11.8 Å². The number of aliphatic hydroxyl groups is 1.